The van der Waals surface area contributed by atoms with Crippen LogP contribution in [0.2, 0.25) is 0 Å². The number of benzene rings is 4. The molecule has 4 aromatic carbocycles. The topological polar surface area (TPSA) is 132 Å². The third-order valence-electron chi connectivity index (χ3n) is 12.3. The molecule has 4 aliphatic rings. The fourth-order valence-corrected chi connectivity index (χ4v) is 9.21. The Morgan fingerprint density at radius 1 is 0.780 bits per heavy atom. The van der Waals surface area contributed by atoms with Crippen LogP contribution in [0.25, 0.3) is 11.1 Å². The van der Waals surface area contributed by atoms with Gasteiger partial charge >= 0.3 is 0 Å². The Balaban J connectivity index is 0.796. The SMILES string of the molecule is CCC(=C(c1ccc(O)cc1)c1ccc(OCCN2CCC(CN3CCC[C@@H](Nc4ccc5c(c4)C(=O)N(C4CCC(=O)NC4=O)C5=O)C3)CC2)cc1)c1ccccc1. The summed E-state index contributed by atoms with van der Waals surface area (Å²) in [5.41, 5.74) is 7.15. The lowest BCUT2D eigenvalue weighted by atomic mass is 9.88. The number of ether oxygens (including phenoxy) is 1. The van der Waals surface area contributed by atoms with Gasteiger partial charge in [-0.05, 0) is 134 Å². The molecular weight excluding hydrogens is 743 g/mol. The first kappa shape index (κ1) is 40.0. The van der Waals surface area contributed by atoms with Crippen LogP contribution in [0.5, 0.6) is 11.5 Å². The van der Waals surface area contributed by atoms with Crippen molar-refractivity contribution >= 4 is 40.5 Å². The molecular formula is C48H53N5O6. The Kier molecular flexibility index (Phi) is 12.2. The van der Waals surface area contributed by atoms with Gasteiger partial charge in [-0.1, -0.05) is 61.5 Å². The molecule has 0 spiro atoms. The van der Waals surface area contributed by atoms with Gasteiger partial charge in [0.2, 0.25) is 11.8 Å². The van der Waals surface area contributed by atoms with Crippen molar-refractivity contribution in [3.63, 3.8) is 0 Å². The van der Waals surface area contributed by atoms with Gasteiger partial charge < -0.3 is 20.1 Å². The van der Waals surface area contributed by atoms with E-state index < -0.39 is 23.8 Å². The number of carbonyl (C=O) groups excluding carboxylic acids is 4. The van der Waals surface area contributed by atoms with Gasteiger partial charge in [-0.2, -0.15) is 0 Å². The van der Waals surface area contributed by atoms with Crippen LogP contribution in [-0.2, 0) is 9.59 Å². The molecule has 3 fully saturated rings. The second kappa shape index (κ2) is 18.0. The monoisotopic (exact) mass is 795 g/mol. The van der Waals surface area contributed by atoms with E-state index in [0.717, 1.165) is 104 Å². The summed E-state index contributed by atoms with van der Waals surface area (Å²) in [6.45, 7) is 8.86. The lowest BCUT2D eigenvalue weighted by molar-refractivity contribution is -0.136. The van der Waals surface area contributed by atoms with E-state index in [1.165, 1.54) is 11.1 Å². The number of aromatic hydroxyl groups is 1. The maximum absolute atomic E-state index is 13.3. The van der Waals surface area contributed by atoms with Gasteiger partial charge in [-0.3, -0.25) is 34.3 Å². The molecule has 8 rings (SSSR count). The zero-order valence-electron chi connectivity index (χ0n) is 33.7. The van der Waals surface area contributed by atoms with Crippen LogP contribution < -0.4 is 15.4 Å². The zero-order chi connectivity index (χ0) is 40.9. The number of likely N-dealkylation sites (tertiary alicyclic amines) is 2. The number of fused-ring (bicyclic) bond motifs is 1. The molecule has 3 saturated heterocycles. The zero-order valence-corrected chi connectivity index (χ0v) is 33.7. The van der Waals surface area contributed by atoms with Gasteiger partial charge in [0, 0.05) is 37.8 Å². The number of imide groups is 2. The summed E-state index contributed by atoms with van der Waals surface area (Å²) in [4.78, 5) is 56.6. The molecule has 4 aliphatic heterocycles. The number of piperidine rings is 3. The molecule has 0 aromatic heterocycles. The van der Waals surface area contributed by atoms with Gasteiger partial charge in [0.25, 0.3) is 11.8 Å². The van der Waals surface area contributed by atoms with Crippen LogP contribution in [0, 0.1) is 5.92 Å². The molecule has 11 heteroatoms. The van der Waals surface area contributed by atoms with Gasteiger partial charge in [0.1, 0.15) is 24.1 Å². The van der Waals surface area contributed by atoms with Gasteiger partial charge in [0.15, 0.2) is 0 Å². The predicted octanol–water partition coefficient (Wildman–Crippen LogP) is 6.83. The molecule has 0 bridgehead atoms. The summed E-state index contributed by atoms with van der Waals surface area (Å²) in [6.07, 6.45) is 5.52. The highest BCUT2D eigenvalue weighted by Crippen LogP contribution is 2.36. The standard InChI is InChI=1S/C48H53N5O6/c1-2-40(33-7-4-3-5-8-33)45(34-10-15-38(54)16-11-34)35-12-17-39(18-13-35)59-28-27-51-25-22-32(23-26-51)30-52-24-6-9-37(31-52)49-36-14-19-41-42(29-36)48(58)53(47(41)57)43-20-21-44(55)50-46(43)56/h3-5,7-8,10-19,29,32,37,43,49,54H,2,6,9,20-28,30-31H2,1H3,(H,50,55,56)/t37-,43?/m1/s1. The van der Waals surface area contributed by atoms with Crippen molar-refractivity contribution in [1.29, 1.82) is 0 Å². The van der Waals surface area contributed by atoms with Crippen molar-refractivity contribution in [2.24, 2.45) is 5.92 Å². The van der Waals surface area contributed by atoms with E-state index in [1.807, 2.05) is 24.3 Å². The van der Waals surface area contributed by atoms with Crippen LogP contribution in [0.3, 0.4) is 0 Å². The van der Waals surface area contributed by atoms with Crippen LogP contribution in [0.4, 0.5) is 5.69 Å². The number of phenolic OH excluding ortho intramolecular Hbond substituents is 1. The minimum absolute atomic E-state index is 0.0968. The first-order valence-corrected chi connectivity index (χ1v) is 21.1. The third-order valence-corrected chi connectivity index (χ3v) is 12.3. The molecule has 4 aromatic rings. The molecule has 0 saturated carbocycles. The van der Waals surface area contributed by atoms with Crippen LogP contribution in [-0.4, -0.2) is 101 Å². The fraction of sp³-hybridized carbons (Fsp3) is 0.375. The maximum Gasteiger partial charge on any atom is 0.262 e. The fourth-order valence-electron chi connectivity index (χ4n) is 9.21. The van der Waals surface area contributed by atoms with E-state index in [9.17, 15) is 24.3 Å². The van der Waals surface area contributed by atoms with Crippen molar-refractivity contribution in [2.45, 2.75) is 64.0 Å². The number of amides is 4. The van der Waals surface area contributed by atoms with Crippen LogP contribution in [0.15, 0.2) is 97.1 Å². The predicted molar refractivity (Wildman–Crippen MR) is 228 cm³/mol. The van der Waals surface area contributed by atoms with Crippen LogP contribution in [0.1, 0.15) is 89.3 Å². The summed E-state index contributed by atoms with van der Waals surface area (Å²) in [5, 5.41) is 15.8. The van der Waals surface area contributed by atoms with E-state index in [4.69, 9.17) is 4.74 Å². The minimum atomic E-state index is -0.969. The average Bonchev–Trinajstić information content (AvgIpc) is 3.49. The highest BCUT2D eigenvalue weighted by Gasteiger charge is 2.44. The summed E-state index contributed by atoms with van der Waals surface area (Å²) in [7, 11) is 0. The van der Waals surface area contributed by atoms with Gasteiger partial charge in [0.05, 0.1) is 11.1 Å². The quantitative estimate of drug-likeness (QED) is 0.0985. The average molecular weight is 796 g/mol. The molecule has 3 N–H and O–H groups in total. The third kappa shape index (κ3) is 9.11. The smallest absolute Gasteiger partial charge is 0.262 e. The van der Waals surface area contributed by atoms with Gasteiger partial charge in [-0.15, -0.1) is 0 Å². The number of hydrogen-bond donors (Lipinski definition) is 3. The first-order chi connectivity index (χ1) is 28.7. The first-order valence-electron chi connectivity index (χ1n) is 21.1. The van der Waals surface area contributed by atoms with Crippen molar-refractivity contribution in [3.05, 3.63) is 125 Å². The number of phenols is 1. The number of nitrogens with one attached hydrogen (secondary N) is 2. The number of nitrogens with zero attached hydrogens (tertiary/aromatic N) is 3. The molecule has 1 unspecified atom stereocenters. The summed E-state index contributed by atoms with van der Waals surface area (Å²) >= 11 is 0. The van der Waals surface area contributed by atoms with E-state index in [0.29, 0.717) is 23.7 Å². The Hall–Kier alpha value is -5.78. The van der Waals surface area contributed by atoms with E-state index in [2.05, 4.69) is 75.9 Å². The minimum Gasteiger partial charge on any atom is -0.508 e. The van der Waals surface area contributed by atoms with Crippen molar-refractivity contribution in [2.75, 3.05) is 51.2 Å². The van der Waals surface area contributed by atoms with Crippen molar-refractivity contribution in [3.8, 4) is 11.5 Å². The van der Waals surface area contributed by atoms with Crippen LogP contribution >= 0.6 is 0 Å². The highest BCUT2D eigenvalue weighted by molar-refractivity contribution is 6.23. The Labute approximate surface area is 346 Å². The number of rotatable bonds is 13. The molecule has 11 nitrogen and oxygen atoms in total. The lowest BCUT2D eigenvalue weighted by Gasteiger charge is -2.38. The highest BCUT2D eigenvalue weighted by atomic mass is 16.5. The number of anilines is 1. The normalized spacial score (nSPS) is 20.9. The summed E-state index contributed by atoms with van der Waals surface area (Å²) < 4.78 is 6.25. The number of carbonyl (C=O) groups is 4. The number of hydrogen-bond acceptors (Lipinski definition) is 9. The molecule has 0 radical (unpaired) electrons. The van der Waals surface area contributed by atoms with Crippen molar-refractivity contribution in [1.82, 2.24) is 20.0 Å². The summed E-state index contributed by atoms with van der Waals surface area (Å²) in [6, 6.07) is 30.8. The molecule has 4 heterocycles. The van der Waals surface area contributed by atoms with E-state index >= 15 is 0 Å². The maximum atomic E-state index is 13.3. The molecule has 4 amide bonds. The lowest BCUT2D eigenvalue weighted by Crippen LogP contribution is -2.54. The molecule has 59 heavy (non-hydrogen) atoms. The van der Waals surface area contributed by atoms with Gasteiger partial charge in [-0.25, -0.2) is 0 Å². The largest absolute Gasteiger partial charge is 0.508 e. The molecule has 2 atom stereocenters. The second-order valence-corrected chi connectivity index (χ2v) is 16.2. The van der Waals surface area contributed by atoms with E-state index in [1.54, 1.807) is 24.3 Å². The summed E-state index contributed by atoms with van der Waals surface area (Å²) in [5.74, 6) is -0.216. The van der Waals surface area contributed by atoms with E-state index in [-0.39, 0.29) is 30.5 Å². The molecule has 0 aliphatic carbocycles. The molecule has 306 valence electrons. The second-order valence-electron chi connectivity index (χ2n) is 16.2. The van der Waals surface area contributed by atoms with Crippen molar-refractivity contribution < 1.29 is 29.0 Å². The number of allylic oxidation sites excluding steroid dienone is 1. The Morgan fingerprint density at radius 3 is 2.20 bits per heavy atom. The Bertz CT molecular complexity index is 2200. The Morgan fingerprint density at radius 2 is 1.49 bits per heavy atom.